The highest BCUT2D eigenvalue weighted by atomic mass is 16.3. The van der Waals surface area contributed by atoms with Gasteiger partial charge >= 0.3 is 6.03 Å². The summed E-state index contributed by atoms with van der Waals surface area (Å²) in [5.41, 5.74) is 1.81. The minimum absolute atomic E-state index is 0.147. The van der Waals surface area contributed by atoms with Crippen LogP contribution in [0.4, 0.5) is 10.6 Å². The fraction of sp³-hybridized carbons (Fsp3) is 0.412. The number of hydrogen-bond donors (Lipinski definition) is 3. The van der Waals surface area contributed by atoms with Crippen molar-refractivity contribution < 1.29 is 9.90 Å². The molecule has 124 valence electrons. The summed E-state index contributed by atoms with van der Waals surface area (Å²) in [5, 5.41) is 19.9. The van der Waals surface area contributed by atoms with Crippen LogP contribution in [0.25, 0.3) is 0 Å². The normalized spacial score (nSPS) is 13.4. The molecule has 0 spiro atoms. The number of rotatable bonds is 6. The van der Waals surface area contributed by atoms with Gasteiger partial charge in [-0.2, -0.15) is 5.10 Å². The van der Waals surface area contributed by atoms with Crippen molar-refractivity contribution in [2.75, 3.05) is 11.9 Å². The molecule has 0 radical (unpaired) electrons. The van der Waals surface area contributed by atoms with E-state index >= 15 is 0 Å². The summed E-state index contributed by atoms with van der Waals surface area (Å²) in [5.74, 6) is 0.641. The highest BCUT2D eigenvalue weighted by molar-refractivity contribution is 5.88. The number of amides is 2. The molecule has 6 heteroatoms. The SMILES string of the molecule is CCC(C)n1nccc1NC(=O)NCC(O)c1ccccc1C. The molecule has 2 aromatic rings. The number of hydrogen-bond acceptors (Lipinski definition) is 3. The average Bonchev–Trinajstić information content (AvgIpc) is 3.00. The summed E-state index contributed by atoms with van der Waals surface area (Å²) in [6.07, 6.45) is 1.84. The van der Waals surface area contributed by atoms with E-state index in [1.54, 1.807) is 16.9 Å². The van der Waals surface area contributed by atoms with Crippen LogP contribution in [0.1, 0.15) is 43.5 Å². The zero-order chi connectivity index (χ0) is 16.8. The molecule has 2 amide bonds. The van der Waals surface area contributed by atoms with Gasteiger partial charge in [0.2, 0.25) is 0 Å². The number of carbonyl (C=O) groups excluding carboxylic acids is 1. The van der Waals surface area contributed by atoms with Gasteiger partial charge in [0.25, 0.3) is 0 Å². The fourth-order valence-electron chi connectivity index (χ4n) is 2.36. The molecule has 1 heterocycles. The molecule has 0 aliphatic rings. The van der Waals surface area contributed by atoms with E-state index in [0.717, 1.165) is 17.5 Å². The smallest absolute Gasteiger partial charge is 0.320 e. The Morgan fingerprint density at radius 2 is 2.09 bits per heavy atom. The van der Waals surface area contributed by atoms with Crippen molar-refractivity contribution in [2.45, 2.75) is 39.3 Å². The first-order valence-corrected chi connectivity index (χ1v) is 7.84. The Hall–Kier alpha value is -2.34. The maximum atomic E-state index is 12.0. The molecule has 23 heavy (non-hydrogen) atoms. The molecule has 0 aliphatic heterocycles. The van der Waals surface area contributed by atoms with Crippen molar-refractivity contribution in [3.05, 3.63) is 47.7 Å². The number of aliphatic hydroxyl groups is 1. The topological polar surface area (TPSA) is 79.2 Å². The van der Waals surface area contributed by atoms with E-state index in [2.05, 4.69) is 22.7 Å². The Labute approximate surface area is 136 Å². The number of nitrogens with one attached hydrogen (secondary N) is 2. The standard InChI is InChI=1S/C17H24N4O2/c1-4-13(3)21-16(9-10-19-21)20-17(23)18-11-15(22)14-8-6-5-7-12(14)2/h5-10,13,15,22H,4,11H2,1-3H3,(H2,18,20,23). The van der Waals surface area contributed by atoms with E-state index in [9.17, 15) is 9.90 Å². The Kier molecular flexibility index (Phi) is 5.76. The van der Waals surface area contributed by atoms with Crippen LogP contribution >= 0.6 is 0 Å². The van der Waals surface area contributed by atoms with Crippen molar-refractivity contribution in [3.63, 3.8) is 0 Å². The van der Waals surface area contributed by atoms with Crippen molar-refractivity contribution in [2.24, 2.45) is 0 Å². The molecule has 1 aromatic carbocycles. The third-order valence-corrected chi connectivity index (χ3v) is 3.92. The summed E-state index contributed by atoms with van der Waals surface area (Å²) in [6, 6.07) is 9.18. The summed E-state index contributed by atoms with van der Waals surface area (Å²) in [4.78, 5) is 12.0. The van der Waals surface area contributed by atoms with E-state index in [1.165, 1.54) is 0 Å². The number of aromatic nitrogens is 2. The Bertz CT molecular complexity index is 654. The van der Waals surface area contributed by atoms with Crippen molar-refractivity contribution in [1.82, 2.24) is 15.1 Å². The molecule has 2 atom stereocenters. The quantitative estimate of drug-likeness (QED) is 0.766. The molecule has 0 fully saturated rings. The number of anilines is 1. The van der Waals surface area contributed by atoms with E-state index in [4.69, 9.17) is 0 Å². The summed E-state index contributed by atoms with van der Waals surface area (Å²) in [7, 11) is 0. The lowest BCUT2D eigenvalue weighted by Crippen LogP contribution is -2.33. The molecular formula is C17H24N4O2. The van der Waals surface area contributed by atoms with Crippen LogP contribution in [0.15, 0.2) is 36.5 Å². The van der Waals surface area contributed by atoms with E-state index in [-0.39, 0.29) is 18.6 Å². The molecule has 0 saturated carbocycles. The lowest BCUT2D eigenvalue weighted by molar-refractivity contribution is 0.174. The molecule has 3 N–H and O–H groups in total. The Balaban J connectivity index is 1.91. The minimum Gasteiger partial charge on any atom is -0.387 e. The van der Waals surface area contributed by atoms with Crippen LogP contribution in [0, 0.1) is 6.92 Å². The van der Waals surface area contributed by atoms with Crippen molar-refractivity contribution in [1.29, 1.82) is 0 Å². The van der Waals surface area contributed by atoms with Gasteiger partial charge in [0, 0.05) is 12.6 Å². The second-order valence-corrected chi connectivity index (χ2v) is 5.63. The number of nitrogens with zero attached hydrogens (tertiary/aromatic N) is 2. The molecule has 2 unspecified atom stereocenters. The largest absolute Gasteiger partial charge is 0.387 e. The third kappa shape index (κ3) is 4.32. The van der Waals surface area contributed by atoms with Crippen LogP contribution in [0.3, 0.4) is 0 Å². The van der Waals surface area contributed by atoms with Crippen molar-refractivity contribution >= 4 is 11.8 Å². The van der Waals surface area contributed by atoms with Gasteiger partial charge in [-0.1, -0.05) is 31.2 Å². The zero-order valence-corrected chi connectivity index (χ0v) is 13.8. The van der Waals surface area contributed by atoms with Crippen molar-refractivity contribution in [3.8, 4) is 0 Å². The monoisotopic (exact) mass is 316 g/mol. The molecule has 6 nitrogen and oxygen atoms in total. The van der Waals surface area contributed by atoms with Crippen LogP contribution in [0.5, 0.6) is 0 Å². The molecular weight excluding hydrogens is 292 g/mol. The highest BCUT2D eigenvalue weighted by Crippen LogP contribution is 2.17. The first kappa shape index (κ1) is 17.0. The highest BCUT2D eigenvalue weighted by Gasteiger charge is 2.14. The molecule has 0 bridgehead atoms. The Morgan fingerprint density at radius 3 is 2.78 bits per heavy atom. The average molecular weight is 316 g/mol. The predicted octanol–water partition coefficient (Wildman–Crippen LogP) is 3.02. The van der Waals surface area contributed by atoms with Gasteiger partial charge in [-0.05, 0) is 31.4 Å². The maximum Gasteiger partial charge on any atom is 0.320 e. The second kappa shape index (κ2) is 7.78. The van der Waals surface area contributed by atoms with Crippen LogP contribution < -0.4 is 10.6 Å². The summed E-state index contributed by atoms with van der Waals surface area (Å²) in [6.45, 7) is 6.18. The Morgan fingerprint density at radius 1 is 1.35 bits per heavy atom. The maximum absolute atomic E-state index is 12.0. The van der Waals surface area contributed by atoms with Crippen LogP contribution in [-0.4, -0.2) is 27.5 Å². The fourth-order valence-corrected chi connectivity index (χ4v) is 2.36. The van der Waals surface area contributed by atoms with E-state index in [0.29, 0.717) is 5.82 Å². The minimum atomic E-state index is -0.735. The van der Waals surface area contributed by atoms with Gasteiger partial charge in [-0.3, -0.25) is 5.32 Å². The van der Waals surface area contributed by atoms with Gasteiger partial charge in [0.05, 0.1) is 18.3 Å². The number of benzene rings is 1. The first-order chi connectivity index (χ1) is 11.0. The number of aliphatic hydroxyl groups excluding tert-OH is 1. The van der Waals surface area contributed by atoms with Gasteiger partial charge in [-0.15, -0.1) is 0 Å². The zero-order valence-electron chi connectivity index (χ0n) is 13.8. The van der Waals surface area contributed by atoms with Gasteiger partial charge in [0.15, 0.2) is 0 Å². The number of carbonyl (C=O) groups is 1. The van der Waals surface area contributed by atoms with E-state index < -0.39 is 6.10 Å². The number of urea groups is 1. The third-order valence-electron chi connectivity index (χ3n) is 3.92. The summed E-state index contributed by atoms with van der Waals surface area (Å²) >= 11 is 0. The van der Waals surface area contributed by atoms with E-state index in [1.807, 2.05) is 38.1 Å². The number of aryl methyl sites for hydroxylation is 1. The lowest BCUT2D eigenvalue weighted by atomic mass is 10.0. The first-order valence-electron chi connectivity index (χ1n) is 7.84. The lowest BCUT2D eigenvalue weighted by Gasteiger charge is -2.16. The second-order valence-electron chi connectivity index (χ2n) is 5.63. The van der Waals surface area contributed by atoms with Crippen LogP contribution in [0.2, 0.25) is 0 Å². The molecule has 2 rings (SSSR count). The van der Waals surface area contributed by atoms with Gasteiger partial charge < -0.3 is 10.4 Å². The predicted molar refractivity (Wildman–Crippen MR) is 90.4 cm³/mol. The van der Waals surface area contributed by atoms with Crippen LogP contribution in [-0.2, 0) is 0 Å². The molecule has 1 aromatic heterocycles. The van der Waals surface area contributed by atoms with Gasteiger partial charge in [-0.25, -0.2) is 9.48 Å². The summed E-state index contributed by atoms with van der Waals surface area (Å²) < 4.78 is 1.78. The van der Waals surface area contributed by atoms with Gasteiger partial charge in [0.1, 0.15) is 5.82 Å². The molecule has 0 aliphatic carbocycles. The molecule has 0 saturated heterocycles.